The molecule has 0 unspecified atom stereocenters. The van der Waals surface area contributed by atoms with Gasteiger partial charge in [0.2, 0.25) is 0 Å². The Kier molecular flexibility index (Phi) is 4.09. The van der Waals surface area contributed by atoms with Crippen LogP contribution in [-0.4, -0.2) is 11.1 Å². The molecule has 0 aliphatic carbocycles. The van der Waals surface area contributed by atoms with Crippen LogP contribution in [0, 0.1) is 11.3 Å². The Morgan fingerprint density at radius 1 is 1.43 bits per heavy atom. The van der Waals surface area contributed by atoms with Crippen molar-refractivity contribution >= 4 is 27.8 Å². The van der Waals surface area contributed by atoms with Crippen LogP contribution in [0.1, 0.15) is 11.1 Å². The van der Waals surface area contributed by atoms with Crippen molar-refractivity contribution in [3.05, 3.63) is 41.5 Å². The van der Waals surface area contributed by atoms with Gasteiger partial charge in [-0.3, -0.25) is 4.79 Å². The smallest absolute Gasteiger partial charge is 0.166 e. The highest BCUT2D eigenvalue weighted by Gasteiger charge is 1.92. The van der Waals surface area contributed by atoms with E-state index in [0.29, 0.717) is 10.9 Å². The van der Waals surface area contributed by atoms with Gasteiger partial charge in [0, 0.05) is 0 Å². The highest BCUT2D eigenvalue weighted by molar-refractivity contribution is 9.09. The summed E-state index contributed by atoms with van der Waals surface area (Å²) < 4.78 is 0. The number of carbonyl (C=O) groups is 1. The van der Waals surface area contributed by atoms with Crippen LogP contribution in [0.2, 0.25) is 0 Å². The van der Waals surface area contributed by atoms with Crippen LogP contribution in [0.4, 0.5) is 0 Å². The van der Waals surface area contributed by atoms with Crippen LogP contribution in [0.3, 0.4) is 0 Å². The average molecular weight is 250 g/mol. The fraction of sp³-hybridized carbons (Fsp3) is 0.0909. The molecule has 0 N–H and O–H groups in total. The van der Waals surface area contributed by atoms with E-state index in [4.69, 9.17) is 5.26 Å². The van der Waals surface area contributed by atoms with Gasteiger partial charge in [0.05, 0.1) is 17.0 Å². The van der Waals surface area contributed by atoms with Crippen LogP contribution in [0.5, 0.6) is 0 Å². The molecule has 0 atom stereocenters. The monoisotopic (exact) mass is 249 g/mol. The van der Waals surface area contributed by atoms with E-state index in [2.05, 4.69) is 15.9 Å². The third-order valence-corrected chi connectivity index (χ3v) is 2.19. The van der Waals surface area contributed by atoms with Gasteiger partial charge in [-0.1, -0.05) is 34.1 Å². The van der Waals surface area contributed by atoms with Gasteiger partial charge < -0.3 is 0 Å². The molecule has 1 aromatic carbocycles. The zero-order chi connectivity index (χ0) is 10.4. The fourth-order valence-corrected chi connectivity index (χ4v) is 1.09. The molecule has 0 fully saturated rings. The van der Waals surface area contributed by atoms with Gasteiger partial charge in [0.25, 0.3) is 0 Å². The normalized spacial score (nSPS) is 10.0. The van der Waals surface area contributed by atoms with Gasteiger partial charge in [-0.05, 0) is 23.8 Å². The number of benzene rings is 1. The predicted octanol–water partition coefficient (Wildman–Crippen LogP) is 2.54. The van der Waals surface area contributed by atoms with E-state index in [-0.39, 0.29) is 5.78 Å². The number of hydrogen-bond acceptors (Lipinski definition) is 2. The molecule has 0 spiro atoms. The van der Waals surface area contributed by atoms with Gasteiger partial charge in [-0.2, -0.15) is 5.26 Å². The summed E-state index contributed by atoms with van der Waals surface area (Å²) in [7, 11) is 0. The number of halogens is 1. The van der Waals surface area contributed by atoms with Gasteiger partial charge in [0.1, 0.15) is 0 Å². The van der Waals surface area contributed by atoms with Crippen LogP contribution < -0.4 is 0 Å². The van der Waals surface area contributed by atoms with Gasteiger partial charge in [0.15, 0.2) is 5.78 Å². The molecule has 0 amide bonds. The zero-order valence-corrected chi connectivity index (χ0v) is 8.99. The first-order valence-corrected chi connectivity index (χ1v) is 5.15. The molecule has 0 saturated heterocycles. The van der Waals surface area contributed by atoms with E-state index in [1.807, 2.05) is 6.07 Å². The Hall–Kier alpha value is -1.40. The maximum absolute atomic E-state index is 10.9. The molecule has 1 rings (SSSR count). The lowest BCUT2D eigenvalue weighted by atomic mass is 10.1. The standard InChI is InChI=1S/C11H8BrNO/c12-7-11(14)6-5-9-1-3-10(8-13)4-2-9/h1-6H,7H2. The van der Waals surface area contributed by atoms with E-state index in [0.717, 1.165) is 5.56 Å². The molecular weight excluding hydrogens is 242 g/mol. The minimum absolute atomic E-state index is 0.0226. The van der Waals surface area contributed by atoms with Crippen molar-refractivity contribution in [2.24, 2.45) is 0 Å². The number of allylic oxidation sites excluding steroid dienone is 1. The molecule has 2 nitrogen and oxygen atoms in total. The maximum atomic E-state index is 10.9. The second kappa shape index (κ2) is 5.36. The summed E-state index contributed by atoms with van der Waals surface area (Å²) in [6, 6.07) is 9.08. The molecule has 3 heteroatoms. The van der Waals surface area contributed by atoms with E-state index in [1.54, 1.807) is 30.3 Å². The fourth-order valence-electron chi connectivity index (χ4n) is 0.902. The molecule has 0 saturated carbocycles. The number of rotatable bonds is 3. The SMILES string of the molecule is N#Cc1ccc(C=CC(=O)CBr)cc1. The Bertz CT molecular complexity index is 387. The van der Waals surface area contributed by atoms with Gasteiger partial charge in [-0.15, -0.1) is 0 Å². The average Bonchev–Trinajstić information content (AvgIpc) is 2.26. The topological polar surface area (TPSA) is 40.9 Å². The number of nitrogens with zero attached hydrogens (tertiary/aromatic N) is 1. The summed E-state index contributed by atoms with van der Waals surface area (Å²) in [5, 5.41) is 8.89. The molecule has 1 aromatic rings. The summed E-state index contributed by atoms with van der Waals surface area (Å²) in [6.45, 7) is 0. The van der Waals surface area contributed by atoms with Crippen molar-refractivity contribution in [3.63, 3.8) is 0 Å². The molecule has 0 aliphatic heterocycles. The van der Waals surface area contributed by atoms with Crippen LogP contribution in [-0.2, 0) is 4.79 Å². The molecular formula is C11H8BrNO. The summed E-state index contributed by atoms with van der Waals surface area (Å²) in [4.78, 5) is 10.9. The van der Waals surface area contributed by atoms with E-state index in [1.165, 1.54) is 6.08 Å². The predicted molar refractivity (Wildman–Crippen MR) is 59.0 cm³/mol. The number of ketones is 1. The summed E-state index contributed by atoms with van der Waals surface area (Å²) >= 11 is 3.07. The molecule has 0 radical (unpaired) electrons. The molecule has 70 valence electrons. The third kappa shape index (κ3) is 3.15. The summed E-state index contributed by atoms with van der Waals surface area (Å²) in [5.74, 6) is 0.0226. The second-order valence-corrected chi connectivity index (χ2v) is 3.23. The Labute approximate surface area is 91.0 Å². The minimum atomic E-state index is 0.0226. The quantitative estimate of drug-likeness (QED) is 0.611. The Morgan fingerprint density at radius 2 is 2.07 bits per heavy atom. The molecule has 0 bridgehead atoms. The number of nitriles is 1. The summed E-state index contributed by atoms with van der Waals surface area (Å²) in [6.07, 6.45) is 3.24. The molecule has 0 aromatic heterocycles. The lowest BCUT2D eigenvalue weighted by Crippen LogP contribution is -1.91. The van der Waals surface area contributed by atoms with E-state index in [9.17, 15) is 4.79 Å². The molecule has 0 aliphatic rings. The Morgan fingerprint density at radius 3 is 2.57 bits per heavy atom. The van der Waals surface area contributed by atoms with Crippen molar-refractivity contribution in [1.29, 1.82) is 5.26 Å². The summed E-state index contributed by atoms with van der Waals surface area (Å²) in [5.41, 5.74) is 1.53. The lowest BCUT2D eigenvalue weighted by Gasteiger charge is -1.92. The first-order chi connectivity index (χ1) is 6.76. The number of hydrogen-bond donors (Lipinski definition) is 0. The van der Waals surface area contributed by atoms with Crippen molar-refractivity contribution in [2.45, 2.75) is 0 Å². The minimum Gasteiger partial charge on any atom is -0.294 e. The van der Waals surface area contributed by atoms with Crippen molar-refractivity contribution in [3.8, 4) is 6.07 Å². The van der Waals surface area contributed by atoms with Crippen molar-refractivity contribution < 1.29 is 4.79 Å². The maximum Gasteiger partial charge on any atom is 0.166 e. The van der Waals surface area contributed by atoms with Gasteiger partial charge in [-0.25, -0.2) is 0 Å². The van der Waals surface area contributed by atoms with Crippen molar-refractivity contribution in [2.75, 3.05) is 5.33 Å². The van der Waals surface area contributed by atoms with Gasteiger partial charge >= 0.3 is 0 Å². The lowest BCUT2D eigenvalue weighted by molar-refractivity contribution is -0.112. The van der Waals surface area contributed by atoms with E-state index >= 15 is 0 Å². The first-order valence-electron chi connectivity index (χ1n) is 4.03. The van der Waals surface area contributed by atoms with Crippen molar-refractivity contribution in [1.82, 2.24) is 0 Å². The first kappa shape index (κ1) is 10.7. The van der Waals surface area contributed by atoms with Crippen LogP contribution in [0.25, 0.3) is 6.08 Å². The Balaban J connectivity index is 2.74. The largest absolute Gasteiger partial charge is 0.294 e. The number of alkyl halides is 1. The third-order valence-electron chi connectivity index (χ3n) is 1.63. The highest BCUT2D eigenvalue weighted by atomic mass is 79.9. The zero-order valence-electron chi connectivity index (χ0n) is 7.40. The highest BCUT2D eigenvalue weighted by Crippen LogP contribution is 2.05. The van der Waals surface area contributed by atoms with Crippen LogP contribution >= 0.6 is 15.9 Å². The van der Waals surface area contributed by atoms with Crippen LogP contribution in [0.15, 0.2) is 30.3 Å². The van der Waals surface area contributed by atoms with E-state index < -0.39 is 0 Å². The molecule has 14 heavy (non-hydrogen) atoms. The number of carbonyl (C=O) groups excluding carboxylic acids is 1. The second-order valence-electron chi connectivity index (χ2n) is 2.67. The molecule has 0 heterocycles.